The standard InChI is InChI=1S/C30H52N2O6Si/c1-29(2,3)39(6,7)37-16-11-15-30(4,5)21-31-19-25(33)24(18-22-12-9-8-10-13-22)32-28(34)38-26-20-36-27-23(26)14-17-35-27/h8-10,12-13,23-27,31,33H,11,14-21H2,1-7H3,(H,32,34)/t23-,24-,25-,26-,27+/m0/s1. The monoisotopic (exact) mass is 564 g/mol. The lowest BCUT2D eigenvalue weighted by atomic mass is 9.88. The molecule has 39 heavy (non-hydrogen) atoms. The third kappa shape index (κ3) is 9.83. The van der Waals surface area contributed by atoms with Gasteiger partial charge in [0.05, 0.1) is 31.3 Å². The van der Waals surface area contributed by atoms with Crippen molar-refractivity contribution in [3.8, 4) is 0 Å². The fraction of sp³-hybridized carbons (Fsp3) is 0.767. The van der Waals surface area contributed by atoms with Gasteiger partial charge in [-0.05, 0) is 54.8 Å². The molecule has 3 N–H and O–H groups in total. The number of hydrogen-bond acceptors (Lipinski definition) is 7. The molecule has 1 aromatic rings. The molecule has 3 rings (SSSR count). The van der Waals surface area contributed by atoms with Crippen molar-refractivity contribution in [2.75, 3.05) is 32.9 Å². The van der Waals surface area contributed by atoms with Crippen LogP contribution >= 0.6 is 0 Å². The molecule has 0 radical (unpaired) electrons. The highest BCUT2D eigenvalue weighted by atomic mass is 28.4. The van der Waals surface area contributed by atoms with Crippen molar-refractivity contribution in [3.05, 3.63) is 35.9 Å². The van der Waals surface area contributed by atoms with Crippen LogP contribution in [0.3, 0.4) is 0 Å². The number of hydrogen-bond donors (Lipinski definition) is 3. The van der Waals surface area contributed by atoms with Crippen molar-refractivity contribution < 1.29 is 28.5 Å². The Kier molecular flexibility index (Phi) is 11.4. The Morgan fingerprint density at radius 3 is 2.56 bits per heavy atom. The van der Waals surface area contributed by atoms with Gasteiger partial charge in [0.2, 0.25) is 0 Å². The molecule has 5 atom stereocenters. The second-order valence-corrected chi connectivity index (χ2v) is 18.3. The molecule has 2 fully saturated rings. The van der Waals surface area contributed by atoms with Crippen LogP contribution in [0.1, 0.15) is 59.4 Å². The molecular weight excluding hydrogens is 512 g/mol. The van der Waals surface area contributed by atoms with E-state index >= 15 is 0 Å². The number of amides is 1. The topological polar surface area (TPSA) is 98.3 Å². The van der Waals surface area contributed by atoms with E-state index in [1.54, 1.807) is 0 Å². The number of fused-ring (bicyclic) bond motifs is 1. The lowest BCUT2D eigenvalue weighted by Gasteiger charge is -2.36. The van der Waals surface area contributed by atoms with Crippen molar-refractivity contribution >= 4 is 14.4 Å². The van der Waals surface area contributed by atoms with Crippen LogP contribution < -0.4 is 10.6 Å². The van der Waals surface area contributed by atoms with Crippen LogP contribution in [0.2, 0.25) is 18.1 Å². The summed E-state index contributed by atoms with van der Waals surface area (Å²) >= 11 is 0. The molecular formula is C30H52N2O6Si. The van der Waals surface area contributed by atoms with Crippen LogP contribution in [0, 0.1) is 11.3 Å². The van der Waals surface area contributed by atoms with Gasteiger partial charge in [-0.1, -0.05) is 65.0 Å². The van der Waals surface area contributed by atoms with E-state index in [1.807, 2.05) is 30.3 Å². The minimum Gasteiger partial charge on any atom is -0.443 e. The highest BCUT2D eigenvalue weighted by Gasteiger charge is 2.44. The molecule has 0 bridgehead atoms. The largest absolute Gasteiger partial charge is 0.443 e. The van der Waals surface area contributed by atoms with E-state index in [0.717, 1.165) is 38.0 Å². The van der Waals surface area contributed by atoms with Crippen molar-refractivity contribution in [2.45, 2.75) is 103 Å². The zero-order chi connectivity index (χ0) is 28.7. The molecule has 0 saturated carbocycles. The van der Waals surface area contributed by atoms with Crippen molar-refractivity contribution in [2.24, 2.45) is 11.3 Å². The summed E-state index contributed by atoms with van der Waals surface area (Å²) in [5, 5.41) is 17.7. The third-order valence-electron chi connectivity index (χ3n) is 8.53. The van der Waals surface area contributed by atoms with Gasteiger partial charge in [-0.2, -0.15) is 0 Å². The minimum absolute atomic E-state index is 0.0557. The van der Waals surface area contributed by atoms with Gasteiger partial charge in [0.25, 0.3) is 0 Å². The van der Waals surface area contributed by atoms with E-state index in [4.69, 9.17) is 18.6 Å². The van der Waals surface area contributed by atoms with E-state index in [-0.39, 0.29) is 28.8 Å². The molecule has 8 nitrogen and oxygen atoms in total. The summed E-state index contributed by atoms with van der Waals surface area (Å²) in [6, 6.07) is 9.39. The third-order valence-corrected chi connectivity index (χ3v) is 13.1. The molecule has 0 unspecified atom stereocenters. The van der Waals surface area contributed by atoms with E-state index in [0.29, 0.717) is 26.2 Å². The zero-order valence-corrected chi connectivity index (χ0v) is 26.1. The van der Waals surface area contributed by atoms with Gasteiger partial charge in [0.15, 0.2) is 14.6 Å². The maximum Gasteiger partial charge on any atom is 0.407 e. The molecule has 1 amide bonds. The van der Waals surface area contributed by atoms with Crippen LogP contribution in [0.4, 0.5) is 4.79 Å². The summed E-state index contributed by atoms with van der Waals surface area (Å²) in [4.78, 5) is 12.8. The Labute approximate surface area is 236 Å². The smallest absolute Gasteiger partial charge is 0.407 e. The number of carbonyl (C=O) groups is 1. The molecule has 0 aromatic heterocycles. The fourth-order valence-corrected chi connectivity index (χ4v) is 5.99. The Bertz CT molecular complexity index is 891. The van der Waals surface area contributed by atoms with Gasteiger partial charge >= 0.3 is 6.09 Å². The van der Waals surface area contributed by atoms with Crippen molar-refractivity contribution in [3.63, 3.8) is 0 Å². The second kappa shape index (κ2) is 13.9. The highest BCUT2D eigenvalue weighted by Crippen LogP contribution is 2.37. The lowest BCUT2D eigenvalue weighted by molar-refractivity contribution is -0.0907. The Balaban J connectivity index is 1.47. The van der Waals surface area contributed by atoms with E-state index < -0.39 is 26.6 Å². The molecule has 2 aliphatic heterocycles. The molecule has 2 heterocycles. The first-order valence-electron chi connectivity index (χ1n) is 14.5. The predicted octanol–water partition coefficient (Wildman–Crippen LogP) is 4.86. The Hall–Kier alpha value is -1.49. The Morgan fingerprint density at radius 2 is 1.87 bits per heavy atom. The average molecular weight is 565 g/mol. The molecule has 1 aromatic carbocycles. The van der Waals surface area contributed by atoms with Gasteiger partial charge < -0.3 is 34.4 Å². The maximum absolute atomic E-state index is 12.8. The first-order valence-corrected chi connectivity index (χ1v) is 17.5. The normalized spacial score (nSPS) is 23.3. The van der Waals surface area contributed by atoms with Gasteiger partial charge in [-0.3, -0.25) is 0 Å². The van der Waals surface area contributed by atoms with Crippen LogP contribution in [0.15, 0.2) is 30.3 Å². The summed E-state index contributed by atoms with van der Waals surface area (Å²) in [5.41, 5.74) is 1.09. The molecule has 9 heteroatoms. The highest BCUT2D eigenvalue weighted by molar-refractivity contribution is 6.74. The predicted molar refractivity (Wildman–Crippen MR) is 156 cm³/mol. The van der Waals surface area contributed by atoms with Crippen molar-refractivity contribution in [1.82, 2.24) is 10.6 Å². The zero-order valence-electron chi connectivity index (χ0n) is 25.1. The number of rotatable bonds is 14. The summed E-state index contributed by atoms with van der Waals surface area (Å²) in [6.07, 6.45) is 1.44. The van der Waals surface area contributed by atoms with E-state index in [9.17, 15) is 9.90 Å². The SMILES string of the molecule is CC(C)(CCCO[Si](C)(C)C(C)(C)C)CNC[C@H](O)[C@H](Cc1ccccc1)NC(=O)O[C@H]1CO[C@H]2OCC[C@H]21. The lowest BCUT2D eigenvalue weighted by Crippen LogP contribution is -2.50. The number of alkyl carbamates (subject to hydrolysis) is 1. The van der Waals surface area contributed by atoms with E-state index in [1.165, 1.54) is 0 Å². The molecule has 0 spiro atoms. The number of ether oxygens (including phenoxy) is 3. The second-order valence-electron chi connectivity index (χ2n) is 13.5. The van der Waals surface area contributed by atoms with Crippen molar-refractivity contribution in [1.29, 1.82) is 0 Å². The summed E-state index contributed by atoms with van der Waals surface area (Å²) < 4.78 is 23.2. The van der Waals surface area contributed by atoms with Crippen LogP contribution in [0.5, 0.6) is 0 Å². The summed E-state index contributed by atoms with van der Waals surface area (Å²) in [7, 11) is -1.73. The summed E-state index contributed by atoms with van der Waals surface area (Å²) in [5.74, 6) is 0.0735. The van der Waals surface area contributed by atoms with Crippen LogP contribution in [-0.2, 0) is 25.1 Å². The van der Waals surface area contributed by atoms with Gasteiger partial charge in [-0.15, -0.1) is 0 Å². The quantitative estimate of drug-likeness (QED) is 0.219. The molecule has 222 valence electrons. The average Bonchev–Trinajstić information content (AvgIpc) is 3.46. The number of carbonyl (C=O) groups excluding carboxylic acids is 1. The number of nitrogens with one attached hydrogen (secondary N) is 2. The van der Waals surface area contributed by atoms with E-state index in [2.05, 4.69) is 58.3 Å². The number of benzene rings is 1. The minimum atomic E-state index is -1.73. The van der Waals surface area contributed by atoms with Crippen LogP contribution in [0.25, 0.3) is 0 Å². The first-order chi connectivity index (χ1) is 18.3. The van der Waals surface area contributed by atoms with Crippen LogP contribution in [-0.4, -0.2) is 77.0 Å². The van der Waals surface area contributed by atoms with Gasteiger partial charge in [0, 0.05) is 19.7 Å². The van der Waals surface area contributed by atoms with Gasteiger partial charge in [0.1, 0.15) is 6.10 Å². The maximum atomic E-state index is 12.8. The number of aliphatic hydroxyl groups excluding tert-OH is 1. The molecule has 2 aliphatic rings. The fourth-order valence-electron chi connectivity index (χ4n) is 4.91. The molecule has 0 aliphatic carbocycles. The van der Waals surface area contributed by atoms with Gasteiger partial charge in [-0.25, -0.2) is 4.79 Å². The first kappa shape index (κ1) is 32.0. The number of aliphatic hydroxyl groups is 1. The Morgan fingerprint density at radius 1 is 1.15 bits per heavy atom. The summed E-state index contributed by atoms with van der Waals surface area (Å²) in [6.45, 7) is 18.7. The molecule has 2 saturated heterocycles.